The fraction of sp³-hybridized carbons (Fsp3) is 0.474. The van der Waals surface area contributed by atoms with E-state index in [1.165, 1.54) is 40.3 Å². The lowest BCUT2D eigenvalue weighted by Crippen LogP contribution is -2.26. The number of hydrogen-bond donors (Lipinski definition) is 1. The Hall–Kier alpha value is -1.38. The highest BCUT2D eigenvalue weighted by molar-refractivity contribution is 5.93. The summed E-state index contributed by atoms with van der Waals surface area (Å²) < 4.78 is 5.80. The number of aryl methyl sites for hydroxylation is 2. The average molecular weight is 281 g/mol. The van der Waals surface area contributed by atoms with Gasteiger partial charge in [-0.2, -0.15) is 0 Å². The van der Waals surface area contributed by atoms with Crippen LogP contribution in [0.25, 0.3) is 10.8 Å². The fourth-order valence-electron chi connectivity index (χ4n) is 4.27. The van der Waals surface area contributed by atoms with Gasteiger partial charge in [0.1, 0.15) is 0 Å². The van der Waals surface area contributed by atoms with Gasteiger partial charge in [0.15, 0.2) is 0 Å². The summed E-state index contributed by atoms with van der Waals surface area (Å²) >= 11 is 0. The summed E-state index contributed by atoms with van der Waals surface area (Å²) in [4.78, 5) is 0. The Labute approximate surface area is 126 Å². The Balaban J connectivity index is 1.83. The van der Waals surface area contributed by atoms with Crippen molar-refractivity contribution in [2.45, 2.75) is 38.3 Å². The molecule has 2 aliphatic rings. The molecule has 0 bridgehead atoms. The van der Waals surface area contributed by atoms with Crippen molar-refractivity contribution >= 4 is 10.8 Å². The van der Waals surface area contributed by atoms with Crippen molar-refractivity contribution in [2.75, 3.05) is 13.7 Å². The first-order valence-electron chi connectivity index (χ1n) is 8.10. The van der Waals surface area contributed by atoms with Crippen molar-refractivity contribution in [1.29, 1.82) is 0 Å². The molecule has 0 radical (unpaired) electrons. The fourth-order valence-corrected chi connectivity index (χ4v) is 4.27. The van der Waals surface area contributed by atoms with Crippen LogP contribution in [-0.2, 0) is 17.6 Å². The van der Waals surface area contributed by atoms with E-state index in [2.05, 4.69) is 49.6 Å². The molecular formula is C19H23NO. The second kappa shape index (κ2) is 5.11. The van der Waals surface area contributed by atoms with Crippen molar-refractivity contribution in [3.63, 3.8) is 0 Å². The van der Waals surface area contributed by atoms with Crippen LogP contribution in [0.5, 0.6) is 0 Å². The predicted molar refractivity (Wildman–Crippen MR) is 86.7 cm³/mol. The van der Waals surface area contributed by atoms with Gasteiger partial charge < -0.3 is 10.1 Å². The van der Waals surface area contributed by atoms with Crippen LogP contribution in [0.1, 0.15) is 36.1 Å². The summed E-state index contributed by atoms with van der Waals surface area (Å²) in [5, 5.41) is 6.51. The van der Waals surface area contributed by atoms with Crippen LogP contribution in [0.15, 0.2) is 30.3 Å². The lowest BCUT2D eigenvalue weighted by Gasteiger charge is -2.24. The van der Waals surface area contributed by atoms with Crippen molar-refractivity contribution < 1.29 is 4.74 Å². The third-order valence-electron chi connectivity index (χ3n) is 5.26. The Morgan fingerprint density at radius 3 is 2.67 bits per heavy atom. The molecule has 21 heavy (non-hydrogen) atoms. The Morgan fingerprint density at radius 2 is 1.95 bits per heavy atom. The van der Waals surface area contributed by atoms with Crippen LogP contribution in [0.2, 0.25) is 0 Å². The zero-order valence-electron chi connectivity index (χ0n) is 12.9. The molecule has 0 saturated carbocycles. The number of hydrogen-bond acceptors (Lipinski definition) is 2. The summed E-state index contributed by atoms with van der Waals surface area (Å²) in [6.45, 7) is 3.05. The van der Waals surface area contributed by atoms with Gasteiger partial charge in [-0.1, -0.05) is 30.3 Å². The number of rotatable bonds is 3. The van der Waals surface area contributed by atoms with E-state index in [9.17, 15) is 0 Å². The maximum absolute atomic E-state index is 5.80. The molecule has 1 saturated heterocycles. The summed E-state index contributed by atoms with van der Waals surface area (Å²) in [5.74, 6) is 0.573. The molecule has 3 atom stereocenters. The molecule has 2 heteroatoms. The first kappa shape index (κ1) is 13.3. The molecule has 4 rings (SSSR count). The highest BCUT2D eigenvalue weighted by Gasteiger charge is 2.31. The Morgan fingerprint density at radius 1 is 1.14 bits per heavy atom. The normalized spacial score (nSPS) is 25.6. The maximum atomic E-state index is 5.80. The van der Waals surface area contributed by atoms with E-state index < -0.39 is 0 Å². The third-order valence-corrected chi connectivity index (χ3v) is 5.26. The topological polar surface area (TPSA) is 21.3 Å². The van der Waals surface area contributed by atoms with Crippen molar-refractivity contribution in [1.82, 2.24) is 5.32 Å². The molecule has 0 amide bonds. The van der Waals surface area contributed by atoms with Crippen molar-refractivity contribution in [3.8, 4) is 0 Å². The monoisotopic (exact) mass is 281 g/mol. The van der Waals surface area contributed by atoms with Crippen LogP contribution in [0.4, 0.5) is 0 Å². The molecule has 1 heterocycles. The van der Waals surface area contributed by atoms with E-state index in [-0.39, 0.29) is 0 Å². The third kappa shape index (κ3) is 2.09. The summed E-state index contributed by atoms with van der Waals surface area (Å²) in [6, 6.07) is 11.9. The van der Waals surface area contributed by atoms with E-state index in [1.807, 2.05) is 0 Å². The van der Waals surface area contributed by atoms with Crippen molar-refractivity contribution in [2.24, 2.45) is 5.92 Å². The van der Waals surface area contributed by atoms with E-state index in [0.717, 1.165) is 13.0 Å². The SMILES string of the molecule is CNC(c1ccc2c3c(cccc13)CC2)C1COC(C)C1. The van der Waals surface area contributed by atoms with Gasteiger partial charge in [-0.3, -0.25) is 0 Å². The van der Waals surface area contributed by atoms with E-state index >= 15 is 0 Å². The van der Waals surface area contributed by atoms with Gasteiger partial charge in [0.25, 0.3) is 0 Å². The molecule has 1 aliphatic carbocycles. The highest BCUT2D eigenvalue weighted by Crippen LogP contribution is 2.39. The molecule has 0 aromatic heterocycles. The lowest BCUT2D eigenvalue weighted by molar-refractivity contribution is 0.117. The smallest absolute Gasteiger partial charge is 0.0551 e. The molecule has 2 nitrogen and oxygen atoms in total. The van der Waals surface area contributed by atoms with Gasteiger partial charge in [0.05, 0.1) is 12.7 Å². The lowest BCUT2D eigenvalue weighted by atomic mass is 9.87. The van der Waals surface area contributed by atoms with E-state index in [0.29, 0.717) is 18.1 Å². The standard InChI is InChI=1S/C19H23NO/c1-12-10-15(11-21-12)19(20-2)17-9-8-14-7-6-13-4-3-5-16(17)18(13)14/h3-5,8-9,12,15,19-20H,6-7,10-11H2,1-2H3. The van der Waals surface area contributed by atoms with Crippen molar-refractivity contribution in [3.05, 3.63) is 47.0 Å². The van der Waals surface area contributed by atoms with E-state index in [4.69, 9.17) is 4.74 Å². The zero-order valence-corrected chi connectivity index (χ0v) is 12.9. The van der Waals surface area contributed by atoms with Crippen LogP contribution in [0, 0.1) is 5.92 Å². The number of ether oxygens (including phenoxy) is 1. The molecule has 1 N–H and O–H groups in total. The van der Waals surface area contributed by atoms with Gasteiger partial charge in [0, 0.05) is 12.0 Å². The predicted octanol–water partition coefficient (Wildman–Crippen LogP) is 3.62. The molecule has 1 fully saturated rings. The highest BCUT2D eigenvalue weighted by atomic mass is 16.5. The van der Waals surface area contributed by atoms with Crippen LogP contribution in [0.3, 0.4) is 0 Å². The molecule has 2 aromatic carbocycles. The van der Waals surface area contributed by atoms with Gasteiger partial charge in [-0.25, -0.2) is 0 Å². The molecule has 110 valence electrons. The van der Waals surface area contributed by atoms with E-state index in [1.54, 1.807) is 0 Å². The second-order valence-electron chi connectivity index (χ2n) is 6.56. The summed E-state index contributed by atoms with van der Waals surface area (Å²) in [7, 11) is 2.08. The van der Waals surface area contributed by atoms with Gasteiger partial charge in [-0.05, 0) is 60.7 Å². The summed E-state index contributed by atoms with van der Waals surface area (Å²) in [6.07, 6.45) is 3.94. The van der Waals surface area contributed by atoms with Crippen LogP contribution >= 0.6 is 0 Å². The largest absolute Gasteiger partial charge is 0.378 e. The molecule has 3 unspecified atom stereocenters. The maximum Gasteiger partial charge on any atom is 0.0551 e. The van der Waals surface area contributed by atoms with Crippen LogP contribution in [-0.4, -0.2) is 19.8 Å². The molecule has 2 aromatic rings. The van der Waals surface area contributed by atoms with Gasteiger partial charge >= 0.3 is 0 Å². The number of benzene rings is 2. The first-order valence-corrected chi connectivity index (χ1v) is 8.10. The minimum atomic E-state index is 0.389. The average Bonchev–Trinajstić information content (AvgIpc) is 3.10. The quantitative estimate of drug-likeness (QED) is 0.927. The molecular weight excluding hydrogens is 258 g/mol. The Kier molecular flexibility index (Phi) is 3.24. The minimum absolute atomic E-state index is 0.389. The van der Waals surface area contributed by atoms with Crippen LogP contribution < -0.4 is 5.32 Å². The first-order chi connectivity index (χ1) is 10.3. The van der Waals surface area contributed by atoms with Gasteiger partial charge in [-0.15, -0.1) is 0 Å². The molecule has 1 aliphatic heterocycles. The Bertz CT molecular complexity index is 668. The summed E-state index contributed by atoms with van der Waals surface area (Å²) in [5.41, 5.74) is 4.49. The number of nitrogens with one attached hydrogen (secondary N) is 1. The molecule has 0 spiro atoms. The minimum Gasteiger partial charge on any atom is -0.378 e. The second-order valence-corrected chi connectivity index (χ2v) is 6.56. The van der Waals surface area contributed by atoms with Gasteiger partial charge in [0.2, 0.25) is 0 Å². The zero-order chi connectivity index (χ0) is 14.4.